The molecular weight excluding hydrogens is 314 g/mol. The Labute approximate surface area is 121 Å². The van der Waals surface area contributed by atoms with Crippen molar-refractivity contribution in [3.63, 3.8) is 0 Å². The minimum absolute atomic E-state index is 0.0200. The summed E-state index contributed by atoms with van der Waals surface area (Å²) in [4.78, 5) is 23.8. The number of rotatable bonds is 4. The van der Waals surface area contributed by atoms with Gasteiger partial charge in [0.05, 0.1) is 12.7 Å². The molecule has 1 aliphatic rings. The summed E-state index contributed by atoms with van der Waals surface area (Å²) in [6.45, 7) is 0. The molecule has 1 amide bonds. The molecule has 1 aliphatic carbocycles. The molecule has 4 nitrogen and oxygen atoms in total. The van der Waals surface area contributed by atoms with Crippen molar-refractivity contribution in [1.29, 1.82) is 0 Å². The fraction of sp³-hybridized carbons (Fsp3) is 0.500. The second-order valence-electron chi connectivity index (χ2n) is 4.43. The Morgan fingerprint density at radius 1 is 1.33 bits per heavy atom. The molecule has 0 bridgehead atoms. The Bertz CT molecular complexity index is 585. The third kappa shape index (κ3) is 2.74. The molecular formula is C12H11F4NO3S. The van der Waals surface area contributed by atoms with Gasteiger partial charge in [-0.1, -0.05) is 0 Å². The summed E-state index contributed by atoms with van der Waals surface area (Å²) in [5, 5.41) is 1.56. The summed E-state index contributed by atoms with van der Waals surface area (Å²) in [5.41, 5.74) is 0.607. The molecule has 1 heterocycles. The highest BCUT2D eigenvalue weighted by molar-refractivity contribution is 7.17. The first kappa shape index (κ1) is 15.7. The third-order valence-corrected chi connectivity index (χ3v) is 4.32. The minimum Gasteiger partial charge on any atom is -0.465 e. The van der Waals surface area contributed by atoms with Gasteiger partial charge >= 0.3 is 24.2 Å². The fourth-order valence-electron chi connectivity index (χ4n) is 2.10. The number of fused-ring (bicyclic) bond motifs is 1. The van der Waals surface area contributed by atoms with Crippen molar-refractivity contribution in [2.24, 2.45) is 0 Å². The Hall–Kier alpha value is -1.64. The topological polar surface area (TPSA) is 55.4 Å². The number of hydrogen-bond acceptors (Lipinski definition) is 4. The molecule has 1 N–H and O–H groups in total. The van der Waals surface area contributed by atoms with E-state index < -0.39 is 24.2 Å². The molecule has 0 spiro atoms. The molecule has 116 valence electrons. The van der Waals surface area contributed by atoms with E-state index >= 15 is 0 Å². The van der Waals surface area contributed by atoms with Gasteiger partial charge < -0.3 is 10.1 Å². The molecule has 0 saturated carbocycles. The van der Waals surface area contributed by atoms with Crippen LogP contribution in [0.5, 0.6) is 0 Å². The number of nitrogens with one attached hydrogen (secondary N) is 1. The maximum Gasteiger partial charge on any atom is 0.383 e. The number of alkyl halides is 4. The second kappa shape index (κ2) is 5.63. The van der Waals surface area contributed by atoms with E-state index in [1.807, 2.05) is 0 Å². The maximum atomic E-state index is 13.0. The number of amides is 1. The molecule has 21 heavy (non-hydrogen) atoms. The lowest BCUT2D eigenvalue weighted by atomic mass is 10.1. The predicted molar refractivity (Wildman–Crippen MR) is 67.3 cm³/mol. The van der Waals surface area contributed by atoms with Crippen molar-refractivity contribution < 1.29 is 31.9 Å². The van der Waals surface area contributed by atoms with Crippen LogP contribution in [-0.2, 0) is 22.4 Å². The van der Waals surface area contributed by atoms with Crippen molar-refractivity contribution in [3.05, 3.63) is 16.0 Å². The molecule has 0 aromatic carbocycles. The zero-order chi connectivity index (χ0) is 15.8. The molecule has 0 saturated heterocycles. The molecule has 0 fully saturated rings. The number of halogens is 4. The second-order valence-corrected chi connectivity index (χ2v) is 5.54. The molecule has 0 unspecified atom stereocenters. The summed E-state index contributed by atoms with van der Waals surface area (Å²) in [6, 6.07) is 0. The van der Waals surface area contributed by atoms with E-state index in [-0.39, 0.29) is 10.6 Å². The number of carbonyl (C=O) groups is 2. The van der Waals surface area contributed by atoms with Gasteiger partial charge in [-0.05, 0) is 24.8 Å². The predicted octanol–water partition coefficient (Wildman–Crippen LogP) is 2.86. The standard InChI is InChI=1S/C12H11F4NO3S/c1-20-9(18)7-5-3-2-4-6(5)21-8(7)17-11(19)12(15,16)10(13)14/h10H,2-4H2,1H3,(H,17,19). The molecule has 0 aliphatic heterocycles. The lowest BCUT2D eigenvalue weighted by molar-refractivity contribution is -0.163. The van der Waals surface area contributed by atoms with Crippen molar-refractivity contribution in [3.8, 4) is 0 Å². The van der Waals surface area contributed by atoms with E-state index in [0.29, 0.717) is 18.4 Å². The van der Waals surface area contributed by atoms with Gasteiger partial charge in [0.2, 0.25) is 0 Å². The van der Waals surface area contributed by atoms with Gasteiger partial charge in [0, 0.05) is 4.88 Å². The van der Waals surface area contributed by atoms with Crippen LogP contribution in [0.1, 0.15) is 27.2 Å². The Balaban J connectivity index is 2.33. The summed E-state index contributed by atoms with van der Waals surface area (Å²) in [6.07, 6.45) is -2.12. The van der Waals surface area contributed by atoms with Crippen molar-refractivity contribution in [2.75, 3.05) is 12.4 Å². The molecule has 2 rings (SSSR count). The normalized spacial score (nSPS) is 14.2. The van der Waals surface area contributed by atoms with Crippen LogP contribution >= 0.6 is 11.3 Å². The zero-order valence-corrected chi connectivity index (χ0v) is 11.7. The number of hydrogen-bond donors (Lipinski definition) is 1. The SMILES string of the molecule is COC(=O)c1c(NC(=O)C(F)(F)C(F)F)sc2c1CCC2. The highest BCUT2D eigenvalue weighted by Gasteiger charge is 2.49. The Kier molecular flexibility index (Phi) is 4.22. The maximum absolute atomic E-state index is 13.0. The number of anilines is 1. The molecule has 0 atom stereocenters. The van der Waals surface area contributed by atoms with Crippen LogP contribution < -0.4 is 5.32 Å². The van der Waals surface area contributed by atoms with E-state index in [0.717, 1.165) is 29.7 Å². The molecule has 9 heteroatoms. The van der Waals surface area contributed by atoms with Crippen molar-refractivity contribution in [2.45, 2.75) is 31.6 Å². The van der Waals surface area contributed by atoms with E-state index in [1.165, 1.54) is 0 Å². The number of aryl methyl sites for hydroxylation is 1. The van der Waals surface area contributed by atoms with Crippen LogP contribution in [0.15, 0.2) is 0 Å². The minimum atomic E-state index is -4.82. The van der Waals surface area contributed by atoms with Gasteiger partial charge in [-0.3, -0.25) is 4.79 Å². The Morgan fingerprint density at radius 2 is 2.00 bits per heavy atom. The molecule has 1 aromatic heterocycles. The summed E-state index contributed by atoms with van der Waals surface area (Å²) < 4.78 is 54.8. The van der Waals surface area contributed by atoms with Crippen molar-refractivity contribution in [1.82, 2.24) is 0 Å². The number of carbonyl (C=O) groups excluding carboxylic acids is 2. The van der Waals surface area contributed by atoms with Crippen molar-refractivity contribution >= 4 is 28.2 Å². The van der Waals surface area contributed by atoms with E-state index in [1.54, 1.807) is 5.32 Å². The van der Waals surface area contributed by atoms with Crippen LogP contribution in [-0.4, -0.2) is 31.3 Å². The smallest absolute Gasteiger partial charge is 0.383 e. The lowest BCUT2D eigenvalue weighted by Gasteiger charge is -2.14. The van der Waals surface area contributed by atoms with Crippen LogP contribution in [0.25, 0.3) is 0 Å². The number of esters is 1. The monoisotopic (exact) mass is 325 g/mol. The van der Waals surface area contributed by atoms with E-state index in [9.17, 15) is 27.2 Å². The average Bonchev–Trinajstić information content (AvgIpc) is 2.97. The van der Waals surface area contributed by atoms with Crippen LogP contribution in [0.2, 0.25) is 0 Å². The first-order chi connectivity index (χ1) is 9.78. The van der Waals surface area contributed by atoms with Gasteiger partial charge in [-0.25, -0.2) is 13.6 Å². The van der Waals surface area contributed by atoms with Gasteiger partial charge in [0.1, 0.15) is 5.00 Å². The largest absolute Gasteiger partial charge is 0.465 e. The average molecular weight is 325 g/mol. The molecule has 0 radical (unpaired) electrons. The first-order valence-electron chi connectivity index (χ1n) is 5.99. The number of methoxy groups -OCH3 is 1. The zero-order valence-electron chi connectivity index (χ0n) is 10.8. The number of thiophene rings is 1. The summed E-state index contributed by atoms with van der Waals surface area (Å²) in [7, 11) is 1.11. The van der Waals surface area contributed by atoms with Gasteiger partial charge in [0.25, 0.3) is 0 Å². The molecule has 1 aromatic rings. The van der Waals surface area contributed by atoms with Crippen LogP contribution in [0, 0.1) is 0 Å². The van der Waals surface area contributed by atoms with Gasteiger partial charge in [-0.2, -0.15) is 8.78 Å². The van der Waals surface area contributed by atoms with Gasteiger partial charge in [0.15, 0.2) is 0 Å². The van der Waals surface area contributed by atoms with Crippen LogP contribution in [0.3, 0.4) is 0 Å². The Morgan fingerprint density at radius 3 is 2.57 bits per heavy atom. The van der Waals surface area contributed by atoms with E-state index in [4.69, 9.17) is 0 Å². The highest BCUT2D eigenvalue weighted by Crippen LogP contribution is 2.40. The number of ether oxygens (including phenoxy) is 1. The highest BCUT2D eigenvalue weighted by atomic mass is 32.1. The lowest BCUT2D eigenvalue weighted by Crippen LogP contribution is -2.41. The fourth-order valence-corrected chi connectivity index (χ4v) is 3.37. The van der Waals surface area contributed by atoms with E-state index in [2.05, 4.69) is 4.74 Å². The third-order valence-electron chi connectivity index (χ3n) is 3.11. The summed E-state index contributed by atoms with van der Waals surface area (Å²) in [5.74, 6) is -7.74. The van der Waals surface area contributed by atoms with Gasteiger partial charge in [-0.15, -0.1) is 11.3 Å². The summed E-state index contributed by atoms with van der Waals surface area (Å²) >= 11 is 0.937. The first-order valence-corrected chi connectivity index (χ1v) is 6.81. The quantitative estimate of drug-likeness (QED) is 0.684. The van der Waals surface area contributed by atoms with Crippen LogP contribution in [0.4, 0.5) is 22.6 Å².